The number of amides is 1. The molecule has 1 amide bonds. The topological polar surface area (TPSA) is 87.3 Å². The molecule has 1 aliphatic heterocycles. The molecule has 3 N–H and O–H groups in total. The summed E-state index contributed by atoms with van der Waals surface area (Å²) in [4.78, 5) is 11.6. The van der Waals surface area contributed by atoms with Crippen molar-refractivity contribution in [3.8, 4) is 0 Å². The molecule has 1 heterocycles. The van der Waals surface area contributed by atoms with E-state index < -0.39 is 10.0 Å². The lowest BCUT2D eigenvalue weighted by molar-refractivity contribution is -0.121. The highest BCUT2D eigenvalue weighted by atomic mass is 32.2. The molecule has 0 saturated carbocycles. The van der Waals surface area contributed by atoms with Crippen molar-refractivity contribution in [2.75, 3.05) is 31.9 Å². The predicted octanol–water partition coefficient (Wildman–Crippen LogP) is -0.178. The van der Waals surface area contributed by atoms with Gasteiger partial charge in [-0.2, -0.15) is 0 Å². The normalized spacial score (nSPS) is 20.2. The molecule has 0 aliphatic carbocycles. The van der Waals surface area contributed by atoms with Gasteiger partial charge >= 0.3 is 0 Å². The molecular formula is C12H25N3O3S. The molecule has 1 atom stereocenters. The summed E-state index contributed by atoms with van der Waals surface area (Å²) in [7, 11) is -3.24. The zero-order valence-corrected chi connectivity index (χ0v) is 12.4. The number of carbonyl (C=O) groups is 1. The highest BCUT2D eigenvalue weighted by Crippen LogP contribution is 2.15. The number of hydrogen-bond donors (Lipinski definition) is 3. The van der Waals surface area contributed by atoms with Crippen molar-refractivity contribution >= 4 is 15.9 Å². The Labute approximate surface area is 115 Å². The highest BCUT2D eigenvalue weighted by Gasteiger charge is 2.14. The van der Waals surface area contributed by atoms with Crippen molar-refractivity contribution < 1.29 is 13.2 Å². The van der Waals surface area contributed by atoms with Crippen LogP contribution in [0, 0.1) is 5.92 Å². The Morgan fingerprint density at radius 3 is 2.84 bits per heavy atom. The molecule has 0 bridgehead atoms. The minimum absolute atomic E-state index is 0.0580. The summed E-state index contributed by atoms with van der Waals surface area (Å²) in [6.45, 7) is 4.35. The van der Waals surface area contributed by atoms with E-state index in [-0.39, 0.29) is 18.2 Å². The monoisotopic (exact) mass is 291 g/mol. The van der Waals surface area contributed by atoms with Crippen LogP contribution < -0.4 is 15.4 Å². The molecule has 1 saturated heterocycles. The van der Waals surface area contributed by atoms with Crippen molar-refractivity contribution in [2.45, 2.75) is 32.6 Å². The number of piperidine rings is 1. The van der Waals surface area contributed by atoms with Gasteiger partial charge in [-0.15, -0.1) is 0 Å². The lowest BCUT2D eigenvalue weighted by Crippen LogP contribution is -2.35. The molecule has 112 valence electrons. The summed E-state index contributed by atoms with van der Waals surface area (Å²) in [5.74, 6) is 0.458. The second kappa shape index (κ2) is 8.50. The summed E-state index contributed by atoms with van der Waals surface area (Å²) in [6, 6.07) is 0. The Morgan fingerprint density at radius 1 is 1.42 bits per heavy atom. The van der Waals surface area contributed by atoms with E-state index in [9.17, 15) is 13.2 Å². The molecule has 0 aromatic rings. The van der Waals surface area contributed by atoms with E-state index >= 15 is 0 Å². The molecule has 0 aromatic heterocycles. The fourth-order valence-corrected chi connectivity index (χ4v) is 3.17. The second-order valence-corrected chi connectivity index (χ2v) is 6.84. The van der Waals surface area contributed by atoms with Gasteiger partial charge < -0.3 is 10.6 Å². The molecule has 7 heteroatoms. The number of hydrogen-bond acceptors (Lipinski definition) is 4. The van der Waals surface area contributed by atoms with Gasteiger partial charge in [0, 0.05) is 19.5 Å². The standard InChI is InChI=1S/C12H25N3O3S/c1-2-15-19(17,18)9-8-14-12(16)6-5-11-4-3-7-13-10-11/h11,13,15H,2-10H2,1H3,(H,14,16). The number of nitrogens with one attached hydrogen (secondary N) is 3. The minimum Gasteiger partial charge on any atom is -0.355 e. The van der Waals surface area contributed by atoms with E-state index in [0.717, 1.165) is 19.5 Å². The fraction of sp³-hybridized carbons (Fsp3) is 0.917. The van der Waals surface area contributed by atoms with Gasteiger partial charge in [0.05, 0.1) is 5.75 Å². The Kier molecular flexibility index (Phi) is 7.33. The lowest BCUT2D eigenvalue weighted by Gasteiger charge is -2.22. The van der Waals surface area contributed by atoms with Gasteiger partial charge in [0.2, 0.25) is 15.9 Å². The van der Waals surface area contributed by atoms with Crippen LogP contribution in [0.1, 0.15) is 32.6 Å². The molecule has 0 spiro atoms. The smallest absolute Gasteiger partial charge is 0.220 e. The van der Waals surface area contributed by atoms with E-state index in [1.54, 1.807) is 6.92 Å². The van der Waals surface area contributed by atoms with Gasteiger partial charge in [-0.05, 0) is 38.3 Å². The molecule has 1 rings (SSSR count). The Morgan fingerprint density at radius 2 is 2.21 bits per heavy atom. The van der Waals surface area contributed by atoms with Crippen LogP contribution in [0.15, 0.2) is 0 Å². The first-order chi connectivity index (χ1) is 9.03. The molecule has 1 fully saturated rings. The zero-order valence-electron chi connectivity index (χ0n) is 11.6. The summed E-state index contributed by atoms with van der Waals surface area (Å²) in [5, 5.41) is 5.97. The van der Waals surface area contributed by atoms with Crippen LogP contribution in [0.2, 0.25) is 0 Å². The summed E-state index contributed by atoms with van der Waals surface area (Å²) < 4.78 is 25.1. The summed E-state index contributed by atoms with van der Waals surface area (Å²) in [5.41, 5.74) is 0. The SMILES string of the molecule is CCNS(=O)(=O)CCNC(=O)CCC1CCCNC1. The summed E-state index contributed by atoms with van der Waals surface area (Å²) in [6.07, 6.45) is 3.70. The molecule has 1 aliphatic rings. The van der Waals surface area contributed by atoms with E-state index in [4.69, 9.17) is 0 Å². The van der Waals surface area contributed by atoms with Crippen molar-refractivity contribution in [1.82, 2.24) is 15.4 Å². The first-order valence-electron chi connectivity index (χ1n) is 6.98. The maximum Gasteiger partial charge on any atom is 0.220 e. The number of sulfonamides is 1. The van der Waals surface area contributed by atoms with Crippen LogP contribution in [-0.2, 0) is 14.8 Å². The van der Waals surface area contributed by atoms with Crippen LogP contribution in [0.5, 0.6) is 0 Å². The number of rotatable bonds is 8. The molecule has 0 radical (unpaired) electrons. The number of carbonyl (C=O) groups excluding carboxylic acids is 1. The average Bonchev–Trinajstić information content (AvgIpc) is 2.37. The van der Waals surface area contributed by atoms with Gasteiger partial charge in [-0.25, -0.2) is 13.1 Å². The van der Waals surface area contributed by atoms with Crippen LogP contribution in [0.25, 0.3) is 0 Å². The third-order valence-corrected chi connectivity index (χ3v) is 4.71. The average molecular weight is 291 g/mol. The predicted molar refractivity (Wildman–Crippen MR) is 75.3 cm³/mol. The second-order valence-electron chi connectivity index (χ2n) is 4.92. The van der Waals surface area contributed by atoms with E-state index in [1.807, 2.05) is 0 Å². The Bertz CT molecular complexity index is 364. The first-order valence-corrected chi connectivity index (χ1v) is 8.63. The van der Waals surface area contributed by atoms with Crippen molar-refractivity contribution in [1.29, 1.82) is 0 Å². The maximum absolute atomic E-state index is 11.6. The van der Waals surface area contributed by atoms with Gasteiger partial charge in [-0.3, -0.25) is 4.79 Å². The van der Waals surface area contributed by atoms with E-state index in [2.05, 4.69) is 15.4 Å². The quantitative estimate of drug-likeness (QED) is 0.579. The Balaban J connectivity index is 2.10. The lowest BCUT2D eigenvalue weighted by atomic mass is 9.94. The first kappa shape index (κ1) is 16.4. The highest BCUT2D eigenvalue weighted by molar-refractivity contribution is 7.89. The molecule has 6 nitrogen and oxygen atoms in total. The molecular weight excluding hydrogens is 266 g/mol. The van der Waals surface area contributed by atoms with Crippen LogP contribution >= 0.6 is 0 Å². The largest absolute Gasteiger partial charge is 0.355 e. The Hall–Kier alpha value is -0.660. The van der Waals surface area contributed by atoms with Crippen molar-refractivity contribution in [3.63, 3.8) is 0 Å². The van der Waals surface area contributed by atoms with Gasteiger partial charge in [0.15, 0.2) is 0 Å². The van der Waals surface area contributed by atoms with Gasteiger partial charge in [0.1, 0.15) is 0 Å². The van der Waals surface area contributed by atoms with Gasteiger partial charge in [-0.1, -0.05) is 6.92 Å². The van der Waals surface area contributed by atoms with Crippen LogP contribution in [0.4, 0.5) is 0 Å². The van der Waals surface area contributed by atoms with Crippen molar-refractivity contribution in [3.05, 3.63) is 0 Å². The van der Waals surface area contributed by atoms with Crippen molar-refractivity contribution in [2.24, 2.45) is 5.92 Å². The maximum atomic E-state index is 11.6. The minimum atomic E-state index is -3.24. The molecule has 19 heavy (non-hydrogen) atoms. The molecule has 0 aromatic carbocycles. The molecule has 1 unspecified atom stereocenters. The fourth-order valence-electron chi connectivity index (χ4n) is 2.21. The summed E-state index contributed by atoms with van der Waals surface area (Å²) >= 11 is 0. The third kappa shape index (κ3) is 7.49. The zero-order chi connectivity index (χ0) is 14.1. The van der Waals surface area contributed by atoms with Crippen LogP contribution in [0.3, 0.4) is 0 Å². The van der Waals surface area contributed by atoms with Crippen LogP contribution in [-0.4, -0.2) is 46.3 Å². The third-order valence-electron chi connectivity index (χ3n) is 3.24. The van der Waals surface area contributed by atoms with Gasteiger partial charge in [0.25, 0.3) is 0 Å². The van der Waals surface area contributed by atoms with E-state index in [1.165, 1.54) is 12.8 Å². The van der Waals surface area contributed by atoms with E-state index in [0.29, 0.717) is 18.9 Å².